The monoisotopic (exact) mass is 394 g/mol. The summed E-state index contributed by atoms with van der Waals surface area (Å²) in [5, 5.41) is 10.8. The van der Waals surface area contributed by atoms with Gasteiger partial charge in [-0.1, -0.05) is 36.4 Å². The summed E-state index contributed by atoms with van der Waals surface area (Å²) in [5.41, 5.74) is -1.84. The number of halogens is 3. The third-order valence-corrected chi connectivity index (χ3v) is 5.93. The minimum absolute atomic E-state index is 0.0739. The molecule has 3 atom stereocenters. The van der Waals surface area contributed by atoms with Crippen LogP contribution in [0.1, 0.15) is 17.0 Å². The largest absolute Gasteiger partial charge is 0.453 e. The number of carbonyl (C=O) groups excluding carboxylic acids is 1. The van der Waals surface area contributed by atoms with Crippen molar-refractivity contribution in [1.82, 2.24) is 9.80 Å². The van der Waals surface area contributed by atoms with E-state index in [4.69, 9.17) is 4.74 Å². The molecule has 150 valence electrons. The Bertz CT molecular complexity index is 843. The number of hydrogen-bond acceptors (Lipinski definition) is 4. The van der Waals surface area contributed by atoms with Gasteiger partial charge in [-0.15, -0.1) is 0 Å². The summed E-state index contributed by atoms with van der Waals surface area (Å²) in [7, 11) is 1.32. The molecule has 0 radical (unpaired) electrons. The summed E-state index contributed by atoms with van der Waals surface area (Å²) in [6, 6.07) is 6.22. The van der Waals surface area contributed by atoms with Crippen molar-refractivity contribution >= 4 is 6.09 Å². The van der Waals surface area contributed by atoms with Crippen LogP contribution in [0.4, 0.5) is 18.0 Å². The summed E-state index contributed by atoms with van der Waals surface area (Å²) >= 11 is 0. The van der Waals surface area contributed by atoms with Gasteiger partial charge in [0.25, 0.3) is 0 Å². The number of benzene rings is 1. The second-order valence-electron chi connectivity index (χ2n) is 7.30. The number of piperazine rings is 1. The van der Waals surface area contributed by atoms with Gasteiger partial charge in [-0.25, -0.2) is 4.79 Å². The van der Waals surface area contributed by atoms with Crippen molar-refractivity contribution < 1.29 is 27.8 Å². The summed E-state index contributed by atoms with van der Waals surface area (Å²) < 4.78 is 46.6. The Labute approximate surface area is 160 Å². The lowest BCUT2D eigenvalue weighted by molar-refractivity contribution is -0.278. The van der Waals surface area contributed by atoms with Gasteiger partial charge < -0.3 is 19.6 Å². The van der Waals surface area contributed by atoms with Crippen LogP contribution >= 0.6 is 0 Å². The lowest BCUT2D eigenvalue weighted by atomic mass is 9.79. The Morgan fingerprint density at radius 3 is 2.54 bits per heavy atom. The molecule has 0 bridgehead atoms. The maximum atomic E-state index is 14.0. The highest BCUT2D eigenvalue weighted by molar-refractivity contribution is 5.67. The van der Waals surface area contributed by atoms with E-state index in [1.807, 2.05) is 11.0 Å². The Balaban J connectivity index is 1.63. The maximum absolute atomic E-state index is 14.0. The van der Waals surface area contributed by atoms with Gasteiger partial charge in [0, 0.05) is 43.7 Å². The van der Waals surface area contributed by atoms with Gasteiger partial charge in [0.1, 0.15) is 0 Å². The topological polar surface area (TPSA) is 53.0 Å². The van der Waals surface area contributed by atoms with Crippen molar-refractivity contribution in [2.75, 3.05) is 33.3 Å². The van der Waals surface area contributed by atoms with E-state index < -0.39 is 29.7 Å². The molecule has 1 aromatic rings. The molecule has 2 aliphatic carbocycles. The average molecular weight is 394 g/mol. The molecule has 0 spiro atoms. The van der Waals surface area contributed by atoms with Crippen molar-refractivity contribution in [3.63, 3.8) is 0 Å². The van der Waals surface area contributed by atoms with Crippen LogP contribution in [0.25, 0.3) is 0 Å². The minimum Gasteiger partial charge on any atom is -0.453 e. The van der Waals surface area contributed by atoms with E-state index >= 15 is 0 Å². The van der Waals surface area contributed by atoms with Gasteiger partial charge >= 0.3 is 12.3 Å². The summed E-state index contributed by atoms with van der Waals surface area (Å²) in [4.78, 5) is 15.1. The molecule has 0 saturated carbocycles. The molecule has 1 aliphatic heterocycles. The fourth-order valence-corrected chi connectivity index (χ4v) is 4.49. The lowest BCUT2D eigenvalue weighted by Gasteiger charge is -2.39. The van der Waals surface area contributed by atoms with E-state index in [1.165, 1.54) is 25.3 Å². The number of methoxy groups -OCH3 is 1. The molecule has 5 nitrogen and oxygen atoms in total. The number of aliphatic hydroxyl groups is 1. The maximum Gasteiger partial charge on any atom is 0.422 e. The molecule has 3 aliphatic rings. The second kappa shape index (κ2) is 6.55. The van der Waals surface area contributed by atoms with Gasteiger partial charge in [-0.05, 0) is 17.2 Å². The molecule has 1 saturated heterocycles. The van der Waals surface area contributed by atoms with Crippen LogP contribution in [0.15, 0.2) is 48.2 Å². The van der Waals surface area contributed by atoms with Crippen molar-refractivity contribution in [2.24, 2.45) is 5.92 Å². The highest BCUT2D eigenvalue weighted by atomic mass is 19.4. The molecule has 0 aromatic heterocycles. The number of rotatable bonds is 1. The highest BCUT2D eigenvalue weighted by Crippen LogP contribution is 2.58. The zero-order valence-corrected chi connectivity index (χ0v) is 15.3. The third kappa shape index (κ3) is 2.70. The molecule has 1 aromatic carbocycles. The Hall–Kier alpha value is -2.48. The summed E-state index contributed by atoms with van der Waals surface area (Å²) in [5.74, 6) is -1.65. The zero-order valence-electron chi connectivity index (χ0n) is 15.3. The van der Waals surface area contributed by atoms with Crippen molar-refractivity contribution in [1.29, 1.82) is 0 Å². The number of ether oxygens (including phenoxy) is 1. The quantitative estimate of drug-likeness (QED) is 0.796. The lowest BCUT2D eigenvalue weighted by Crippen LogP contribution is -2.49. The van der Waals surface area contributed by atoms with Crippen LogP contribution in [0.2, 0.25) is 0 Å². The number of nitrogens with zero attached hydrogens (tertiary/aromatic N) is 2. The highest BCUT2D eigenvalue weighted by Gasteiger charge is 2.65. The van der Waals surface area contributed by atoms with Crippen molar-refractivity contribution in [2.45, 2.75) is 17.7 Å². The van der Waals surface area contributed by atoms with E-state index in [9.17, 15) is 23.1 Å². The van der Waals surface area contributed by atoms with Crippen LogP contribution in [-0.2, 0) is 10.3 Å². The summed E-state index contributed by atoms with van der Waals surface area (Å²) in [6.07, 6.45) is -0.112. The molecule has 1 N–H and O–H groups in total. The predicted octanol–water partition coefficient (Wildman–Crippen LogP) is 2.99. The Morgan fingerprint density at radius 1 is 1.21 bits per heavy atom. The smallest absolute Gasteiger partial charge is 0.422 e. The van der Waals surface area contributed by atoms with E-state index in [1.54, 1.807) is 23.1 Å². The first-order valence-corrected chi connectivity index (χ1v) is 9.13. The van der Waals surface area contributed by atoms with Gasteiger partial charge in [0.2, 0.25) is 0 Å². The molecule has 28 heavy (non-hydrogen) atoms. The molecule has 1 heterocycles. The van der Waals surface area contributed by atoms with Crippen LogP contribution < -0.4 is 0 Å². The van der Waals surface area contributed by atoms with E-state index in [0.717, 1.165) is 0 Å². The van der Waals surface area contributed by atoms with E-state index in [2.05, 4.69) is 0 Å². The molecule has 3 unspecified atom stereocenters. The first-order chi connectivity index (χ1) is 13.3. The van der Waals surface area contributed by atoms with E-state index in [0.29, 0.717) is 37.4 Å². The van der Waals surface area contributed by atoms with Crippen LogP contribution in [0, 0.1) is 5.92 Å². The fourth-order valence-electron chi connectivity index (χ4n) is 4.49. The Kier molecular flexibility index (Phi) is 4.41. The van der Waals surface area contributed by atoms with Crippen LogP contribution in [-0.4, -0.2) is 60.5 Å². The van der Waals surface area contributed by atoms with Crippen LogP contribution in [0.3, 0.4) is 0 Å². The molecule has 1 fully saturated rings. The molecule has 4 rings (SSSR count). The van der Waals surface area contributed by atoms with Crippen molar-refractivity contribution in [3.8, 4) is 0 Å². The summed E-state index contributed by atoms with van der Waals surface area (Å²) in [6.45, 7) is 1.82. The molecule has 1 amide bonds. The first-order valence-electron chi connectivity index (χ1n) is 9.13. The fraction of sp³-hybridized carbons (Fsp3) is 0.450. The number of carbonyl (C=O) groups is 1. The zero-order chi connectivity index (χ0) is 20.1. The predicted molar refractivity (Wildman–Crippen MR) is 95.4 cm³/mol. The number of amides is 1. The molecular formula is C20H21F3N2O3. The minimum atomic E-state index is -4.79. The number of alkyl halides is 3. The van der Waals surface area contributed by atoms with Gasteiger partial charge in [-0.3, -0.25) is 0 Å². The van der Waals surface area contributed by atoms with Gasteiger partial charge in [0.05, 0.1) is 7.11 Å². The molecule has 8 heteroatoms. The standard InChI is InChI=1S/C20H21F3N2O3/c1-28-18(26)25-10-8-24(9-11-25)13-6-7-15-14-4-2-3-5-16(14)19(27,17(15)12-13)20(21,22)23/h2-7,12,15,17,27H,8-11H2,1H3. The van der Waals surface area contributed by atoms with Crippen LogP contribution in [0.5, 0.6) is 0 Å². The SMILES string of the molecule is COC(=O)N1CCN(C2=CC3C(C=C2)c2ccccc2C3(O)C(F)(F)F)CC1. The van der Waals surface area contributed by atoms with Gasteiger partial charge in [-0.2, -0.15) is 13.2 Å². The number of fused-ring (bicyclic) bond motifs is 3. The average Bonchev–Trinajstić information content (AvgIpc) is 2.97. The normalized spacial score (nSPS) is 29.2. The third-order valence-electron chi connectivity index (χ3n) is 5.93. The second-order valence-corrected chi connectivity index (χ2v) is 7.30. The molecular weight excluding hydrogens is 373 g/mol. The van der Waals surface area contributed by atoms with Gasteiger partial charge in [0.15, 0.2) is 5.60 Å². The number of hydrogen-bond donors (Lipinski definition) is 1. The van der Waals surface area contributed by atoms with Crippen molar-refractivity contribution in [3.05, 3.63) is 59.3 Å². The van der Waals surface area contributed by atoms with E-state index in [-0.39, 0.29) is 5.56 Å². The first kappa shape index (κ1) is 18.9. The Morgan fingerprint density at radius 2 is 1.89 bits per heavy atom. The number of allylic oxidation sites excluding steroid dienone is 2.